The molecule has 2 aromatic rings. The van der Waals surface area contributed by atoms with Crippen molar-refractivity contribution in [2.45, 2.75) is 6.92 Å². The van der Waals surface area contributed by atoms with Gasteiger partial charge in [-0.1, -0.05) is 11.6 Å². The minimum atomic E-state index is -0.521. The summed E-state index contributed by atoms with van der Waals surface area (Å²) in [6, 6.07) is 9.08. The van der Waals surface area contributed by atoms with Crippen LogP contribution in [0.25, 0.3) is 0 Å². The molecule has 1 amide bonds. The zero-order chi connectivity index (χ0) is 15.4. The third-order valence-corrected chi connectivity index (χ3v) is 3.89. The molecule has 2 aromatic carbocycles. The van der Waals surface area contributed by atoms with Gasteiger partial charge in [-0.25, -0.2) is 4.39 Å². The van der Waals surface area contributed by atoms with Crippen LogP contribution in [0.3, 0.4) is 0 Å². The molecular weight excluding hydrogens is 361 g/mol. The lowest BCUT2D eigenvalue weighted by Crippen LogP contribution is -2.12. The van der Waals surface area contributed by atoms with Gasteiger partial charge >= 0.3 is 0 Å². The van der Waals surface area contributed by atoms with Crippen LogP contribution in [0.4, 0.5) is 10.1 Å². The second-order valence-corrected chi connectivity index (χ2v) is 5.42. The predicted octanol–water partition coefficient (Wildman–Crippen LogP) is 4.89. The fourth-order valence-corrected chi connectivity index (χ4v) is 2.19. The Hall–Kier alpha value is -1.59. The Balaban J connectivity index is 2.15. The van der Waals surface area contributed by atoms with Crippen LogP contribution in [0.15, 0.2) is 40.9 Å². The van der Waals surface area contributed by atoms with E-state index < -0.39 is 5.82 Å². The van der Waals surface area contributed by atoms with Crippen LogP contribution in [-0.4, -0.2) is 12.5 Å². The quantitative estimate of drug-likeness (QED) is 0.829. The summed E-state index contributed by atoms with van der Waals surface area (Å²) in [5, 5.41) is 3.13. The first-order valence-electron chi connectivity index (χ1n) is 6.20. The van der Waals surface area contributed by atoms with Crippen LogP contribution >= 0.6 is 27.5 Å². The Bertz CT molecular complexity index is 679. The molecule has 0 aliphatic rings. The van der Waals surface area contributed by atoms with Crippen LogP contribution in [0.5, 0.6) is 5.75 Å². The van der Waals surface area contributed by atoms with E-state index in [1.54, 1.807) is 31.2 Å². The molecule has 1 N–H and O–H groups in total. The Morgan fingerprint density at radius 3 is 2.71 bits per heavy atom. The first-order chi connectivity index (χ1) is 10.0. The monoisotopic (exact) mass is 371 g/mol. The van der Waals surface area contributed by atoms with Crippen molar-refractivity contribution in [1.82, 2.24) is 0 Å². The van der Waals surface area contributed by atoms with Crippen molar-refractivity contribution >= 4 is 39.1 Å². The van der Waals surface area contributed by atoms with Crippen molar-refractivity contribution in [3.8, 4) is 5.75 Å². The lowest BCUT2D eigenvalue weighted by Gasteiger charge is -2.09. The smallest absolute Gasteiger partial charge is 0.255 e. The molecule has 2 rings (SSSR count). The molecule has 0 spiro atoms. The van der Waals surface area contributed by atoms with E-state index in [9.17, 15) is 9.18 Å². The SMILES string of the molecule is CCOc1ccc(NC(=O)c2ccc(Cl)c(Br)c2)cc1F. The summed E-state index contributed by atoms with van der Waals surface area (Å²) in [6.45, 7) is 2.15. The van der Waals surface area contributed by atoms with E-state index in [2.05, 4.69) is 21.2 Å². The molecule has 0 aromatic heterocycles. The summed E-state index contributed by atoms with van der Waals surface area (Å²) in [5.41, 5.74) is 0.771. The highest BCUT2D eigenvalue weighted by atomic mass is 79.9. The Morgan fingerprint density at radius 2 is 2.10 bits per heavy atom. The van der Waals surface area contributed by atoms with E-state index in [1.807, 2.05) is 0 Å². The van der Waals surface area contributed by atoms with Crippen LogP contribution in [-0.2, 0) is 0 Å². The zero-order valence-corrected chi connectivity index (χ0v) is 13.5. The summed E-state index contributed by atoms with van der Waals surface area (Å²) >= 11 is 9.12. The maximum Gasteiger partial charge on any atom is 0.255 e. The van der Waals surface area contributed by atoms with E-state index >= 15 is 0 Å². The summed E-state index contributed by atoms with van der Waals surface area (Å²) < 4.78 is 19.4. The topological polar surface area (TPSA) is 38.3 Å². The van der Waals surface area contributed by atoms with Crippen LogP contribution in [0.2, 0.25) is 5.02 Å². The van der Waals surface area contributed by atoms with Gasteiger partial charge < -0.3 is 10.1 Å². The van der Waals surface area contributed by atoms with Gasteiger partial charge in [0, 0.05) is 21.8 Å². The molecule has 0 saturated carbocycles. The molecule has 0 bridgehead atoms. The summed E-state index contributed by atoms with van der Waals surface area (Å²) in [6.07, 6.45) is 0. The van der Waals surface area contributed by atoms with E-state index in [0.29, 0.717) is 27.4 Å². The van der Waals surface area contributed by atoms with Crippen molar-refractivity contribution in [1.29, 1.82) is 0 Å². The van der Waals surface area contributed by atoms with Crippen molar-refractivity contribution in [3.63, 3.8) is 0 Å². The minimum absolute atomic E-state index is 0.157. The third-order valence-electron chi connectivity index (χ3n) is 2.67. The van der Waals surface area contributed by atoms with E-state index in [-0.39, 0.29) is 11.7 Å². The first-order valence-corrected chi connectivity index (χ1v) is 7.37. The second-order valence-electron chi connectivity index (χ2n) is 4.16. The number of ether oxygens (including phenoxy) is 1. The number of hydrogen-bond acceptors (Lipinski definition) is 2. The van der Waals surface area contributed by atoms with Gasteiger partial charge in [-0.05, 0) is 53.2 Å². The number of nitrogens with one attached hydrogen (secondary N) is 1. The largest absolute Gasteiger partial charge is 0.491 e. The average Bonchev–Trinajstić information content (AvgIpc) is 2.45. The molecule has 0 saturated heterocycles. The molecule has 0 atom stereocenters. The number of amides is 1. The third kappa shape index (κ3) is 3.95. The number of anilines is 1. The molecular formula is C15H12BrClFNO2. The normalized spacial score (nSPS) is 10.3. The highest BCUT2D eigenvalue weighted by Crippen LogP contribution is 2.25. The summed E-state index contributed by atoms with van der Waals surface area (Å²) in [4.78, 5) is 12.1. The van der Waals surface area contributed by atoms with Gasteiger partial charge in [0.25, 0.3) is 5.91 Å². The number of hydrogen-bond donors (Lipinski definition) is 1. The number of carbonyl (C=O) groups excluding carboxylic acids is 1. The Kier molecular flexibility index (Phi) is 5.20. The maximum atomic E-state index is 13.7. The van der Waals surface area contributed by atoms with Crippen LogP contribution in [0, 0.1) is 5.82 Å². The van der Waals surface area contributed by atoms with Gasteiger partial charge in [0.2, 0.25) is 0 Å². The standard InChI is InChI=1S/C15H12BrClFNO2/c1-2-21-14-6-4-10(8-13(14)18)19-15(20)9-3-5-12(17)11(16)7-9/h3-8H,2H2,1H3,(H,19,20). The van der Waals surface area contributed by atoms with Crippen molar-refractivity contribution in [2.75, 3.05) is 11.9 Å². The Morgan fingerprint density at radius 1 is 1.33 bits per heavy atom. The van der Waals surface area contributed by atoms with E-state index in [1.165, 1.54) is 12.1 Å². The van der Waals surface area contributed by atoms with Gasteiger partial charge in [0.15, 0.2) is 11.6 Å². The van der Waals surface area contributed by atoms with Gasteiger partial charge in [-0.2, -0.15) is 0 Å². The predicted molar refractivity (Wildman–Crippen MR) is 84.7 cm³/mol. The number of rotatable bonds is 4. The fourth-order valence-electron chi connectivity index (χ4n) is 1.69. The average molecular weight is 373 g/mol. The molecule has 3 nitrogen and oxygen atoms in total. The van der Waals surface area contributed by atoms with Crippen LogP contribution < -0.4 is 10.1 Å². The highest BCUT2D eigenvalue weighted by molar-refractivity contribution is 9.10. The molecule has 21 heavy (non-hydrogen) atoms. The molecule has 0 heterocycles. The molecule has 0 radical (unpaired) electrons. The van der Waals surface area contributed by atoms with E-state index in [4.69, 9.17) is 16.3 Å². The van der Waals surface area contributed by atoms with Gasteiger partial charge in [0.05, 0.1) is 11.6 Å². The van der Waals surface area contributed by atoms with Gasteiger partial charge in [0.1, 0.15) is 0 Å². The molecule has 0 aliphatic heterocycles. The zero-order valence-electron chi connectivity index (χ0n) is 11.1. The highest BCUT2D eigenvalue weighted by Gasteiger charge is 2.10. The first kappa shape index (κ1) is 15.8. The maximum absolute atomic E-state index is 13.7. The lowest BCUT2D eigenvalue weighted by molar-refractivity contribution is 0.102. The molecule has 0 fully saturated rings. The number of carbonyl (C=O) groups is 1. The fraction of sp³-hybridized carbons (Fsp3) is 0.133. The molecule has 6 heteroatoms. The van der Waals surface area contributed by atoms with Gasteiger partial charge in [-0.15, -0.1) is 0 Å². The van der Waals surface area contributed by atoms with Crippen molar-refractivity contribution in [2.24, 2.45) is 0 Å². The summed E-state index contributed by atoms with van der Waals surface area (Å²) in [7, 11) is 0. The van der Waals surface area contributed by atoms with Crippen molar-refractivity contribution < 1.29 is 13.9 Å². The minimum Gasteiger partial charge on any atom is -0.491 e. The van der Waals surface area contributed by atoms with E-state index in [0.717, 1.165) is 0 Å². The van der Waals surface area contributed by atoms with Crippen LogP contribution in [0.1, 0.15) is 17.3 Å². The molecule has 110 valence electrons. The number of benzene rings is 2. The molecule has 0 unspecified atom stereocenters. The number of halogens is 3. The van der Waals surface area contributed by atoms with Gasteiger partial charge in [-0.3, -0.25) is 4.79 Å². The lowest BCUT2D eigenvalue weighted by atomic mass is 10.2. The van der Waals surface area contributed by atoms with Crippen molar-refractivity contribution in [3.05, 3.63) is 57.3 Å². The Labute approximate surface area is 135 Å². The second kappa shape index (κ2) is 6.91. The molecule has 0 aliphatic carbocycles. The summed E-state index contributed by atoms with van der Waals surface area (Å²) in [5.74, 6) is -0.715.